The molecule has 0 fully saturated rings. The summed E-state index contributed by atoms with van der Waals surface area (Å²) in [6.45, 7) is 0. The summed E-state index contributed by atoms with van der Waals surface area (Å²) in [6.07, 6.45) is 6.04. The molecule has 7 nitrogen and oxygen atoms in total. The van der Waals surface area contributed by atoms with Crippen molar-refractivity contribution in [1.82, 2.24) is 25.6 Å². The average molecular weight is 216 g/mol. The maximum atomic E-state index is 11.3. The number of carbonyl (C=O) groups excluding carboxylic acids is 1. The maximum Gasteiger partial charge on any atom is 0.308 e. The molecule has 0 spiro atoms. The second-order valence-corrected chi connectivity index (χ2v) is 2.81. The van der Waals surface area contributed by atoms with Crippen molar-refractivity contribution in [3.8, 4) is 0 Å². The molecule has 0 bridgehead atoms. The van der Waals surface area contributed by atoms with Gasteiger partial charge in [-0.25, -0.2) is 10.4 Å². The van der Waals surface area contributed by atoms with E-state index >= 15 is 0 Å². The summed E-state index contributed by atoms with van der Waals surface area (Å²) in [5.41, 5.74) is 3.15. The molecule has 0 saturated heterocycles. The number of H-pyrrole nitrogens is 1. The Bertz CT molecular complexity index is 478. The van der Waals surface area contributed by atoms with E-state index in [0.29, 0.717) is 0 Å². The fourth-order valence-electron chi connectivity index (χ4n) is 0.983. The van der Waals surface area contributed by atoms with Crippen molar-refractivity contribution < 1.29 is 4.79 Å². The van der Waals surface area contributed by atoms with E-state index in [-0.39, 0.29) is 5.82 Å². The number of hydrogen-bond donors (Lipinski definition) is 2. The van der Waals surface area contributed by atoms with Crippen LogP contribution in [0.2, 0.25) is 0 Å². The molecule has 0 radical (unpaired) electrons. The summed E-state index contributed by atoms with van der Waals surface area (Å²) in [7, 11) is 0. The topological polar surface area (TPSA) is 95.9 Å². The van der Waals surface area contributed by atoms with Gasteiger partial charge in [0.05, 0.1) is 6.21 Å². The average Bonchev–Trinajstić information content (AvgIpc) is 2.84. The summed E-state index contributed by atoms with van der Waals surface area (Å²) in [5, 5.41) is 9.74. The molecule has 2 aromatic heterocycles. The van der Waals surface area contributed by atoms with Crippen molar-refractivity contribution >= 4 is 12.1 Å². The summed E-state index contributed by atoms with van der Waals surface area (Å²) in [5.74, 6) is -0.324. The fourth-order valence-corrected chi connectivity index (χ4v) is 0.983. The molecule has 2 aromatic rings. The van der Waals surface area contributed by atoms with Crippen LogP contribution in [0.5, 0.6) is 0 Å². The first-order chi connectivity index (χ1) is 7.86. The van der Waals surface area contributed by atoms with Crippen molar-refractivity contribution in [2.75, 3.05) is 0 Å². The van der Waals surface area contributed by atoms with Crippen molar-refractivity contribution in [2.24, 2.45) is 5.10 Å². The maximum absolute atomic E-state index is 11.3. The van der Waals surface area contributed by atoms with E-state index in [1.807, 2.05) is 0 Å². The molecule has 0 aliphatic heterocycles. The number of rotatable bonds is 3. The van der Waals surface area contributed by atoms with E-state index < -0.39 is 5.91 Å². The van der Waals surface area contributed by atoms with E-state index in [9.17, 15) is 4.79 Å². The molecule has 0 aliphatic carbocycles. The number of nitrogens with zero attached hydrogens (tertiary/aromatic N) is 4. The van der Waals surface area contributed by atoms with Gasteiger partial charge in [0.2, 0.25) is 5.82 Å². The Labute approximate surface area is 90.6 Å². The van der Waals surface area contributed by atoms with Gasteiger partial charge in [-0.3, -0.25) is 14.9 Å². The van der Waals surface area contributed by atoms with Crippen molar-refractivity contribution in [3.05, 3.63) is 42.2 Å². The zero-order valence-corrected chi connectivity index (χ0v) is 8.16. The van der Waals surface area contributed by atoms with Gasteiger partial charge in [-0.1, -0.05) is 0 Å². The third-order valence-electron chi connectivity index (χ3n) is 1.72. The van der Waals surface area contributed by atoms with E-state index in [0.717, 1.165) is 5.56 Å². The van der Waals surface area contributed by atoms with Crippen LogP contribution in [0.15, 0.2) is 36.0 Å². The lowest BCUT2D eigenvalue weighted by Gasteiger charge is -1.94. The van der Waals surface area contributed by atoms with Gasteiger partial charge in [0.1, 0.15) is 6.33 Å². The lowest BCUT2D eigenvalue weighted by atomic mass is 10.3. The highest BCUT2D eigenvalue weighted by Crippen LogP contribution is 1.90. The van der Waals surface area contributed by atoms with Crippen LogP contribution in [0.1, 0.15) is 16.2 Å². The Balaban J connectivity index is 1.93. The van der Waals surface area contributed by atoms with Gasteiger partial charge in [-0.2, -0.15) is 10.2 Å². The number of amides is 1. The molecule has 0 saturated carbocycles. The SMILES string of the molecule is O=C(N/N=C\c1ccncc1)c1ncn[nH]1. The Kier molecular flexibility index (Phi) is 2.98. The van der Waals surface area contributed by atoms with Crippen LogP contribution in [-0.2, 0) is 0 Å². The predicted molar refractivity (Wildman–Crippen MR) is 55.7 cm³/mol. The highest BCUT2D eigenvalue weighted by molar-refractivity contribution is 5.91. The van der Waals surface area contributed by atoms with Crippen LogP contribution in [0.4, 0.5) is 0 Å². The molecule has 0 atom stereocenters. The molecule has 1 amide bonds. The quantitative estimate of drug-likeness (QED) is 0.556. The number of aromatic nitrogens is 4. The van der Waals surface area contributed by atoms with E-state index in [1.165, 1.54) is 12.5 Å². The smallest absolute Gasteiger partial charge is 0.265 e. The second kappa shape index (κ2) is 4.78. The number of pyridine rings is 1. The van der Waals surface area contributed by atoms with E-state index in [4.69, 9.17) is 0 Å². The molecule has 2 N–H and O–H groups in total. The van der Waals surface area contributed by atoms with Crippen molar-refractivity contribution in [3.63, 3.8) is 0 Å². The minimum Gasteiger partial charge on any atom is -0.265 e. The first kappa shape index (κ1) is 9.97. The zero-order chi connectivity index (χ0) is 11.2. The minimum atomic E-state index is -0.442. The molecule has 0 aliphatic rings. The van der Waals surface area contributed by atoms with Crippen molar-refractivity contribution in [1.29, 1.82) is 0 Å². The number of hydrogen-bond acceptors (Lipinski definition) is 5. The second-order valence-electron chi connectivity index (χ2n) is 2.81. The Hall–Kier alpha value is -2.57. The summed E-state index contributed by atoms with van der Waals surface area (Å²) >= 11 is 0. The number of carbonyl (C=O) groups is 1. The highest BCUT2D eigenvalue weighted by Gasteiger charge is 2.05. The first-order valence-corrected chi connectivity index (χ1v) is 4.45. The van der Waals surface area contributed by atoms with Crippen LogP contribution < -0.4 is 5.43 Å². The molecule has 0 unspecified atom stereocenters. The number of aromatic amines is 1. The first-order valence-electron chi connectivity index (χ1n) is 4.45. The van der Waals surface area contributed by atoms with Gasteiger partial charge in [0.15, 0.2) is 0 Å². The number of nitrogens with one attached hydrogen (secondary N) is 2. The largest absolute Gasteiger partial charge is 0.308 e. The van der Waals surface area contributed by atoms with Crippen molar-refractivity contribution in [2.45, 2.75) is 0 Å². The third kappa shape index (κ3) is 2.47. The molecule has 16 heavy (non-hydrogen) atoms. The third-order valence-corrected chi connectivity index (χ3v) is 1.72. The van der Waals surface area contributed by atoms with Gasteiger partial charge in [-0.05, 0) is 17.7 Å². The normalized spacial score (nSPS) is 10.5. The van der Waals surface area contributed by atoms with Crippen LogP contribution in [0.25, 0.3) is 0 Å². The monoisotopic (exact) mass is 216 g/mol. The van der Waals surface area contributed by atoms with Gasteiger partial charge in [0.25, 0.3) is 0 Å². The van der Waals surface area contributed by atoms with Crippen LogP contribution in [0, 0.1) is 0 Å². The zero-order valence-electron chi connectivity index (χ0n) is 8.16. The lowest BCUT2D eigenvalue weighted by molar-refractivity contribution is 0.0945. The van der Waals surface area contributed by atoms with Gasteiger partial charge in [0, 0.05) is 12.4 Å². The molecule has 7 heteroatoms. The van der Waals surface area contributed by atoms with Crippen LogP contribution >= 0.6 is 0 Å². The summed E-state index contributed by atoms with van der Waals surface area (Å²) < 4.78 is 0. The highest BCUT2D eigenvalue weighted by atomic mass is 16.2. The molecular formula is C9H8N6O. The molecular weight excluding hydrogens is 208 g/mol. The Morgan fingerprint density at radius 3 is 2.94 bits per heavy atom. The summed E-state index contributed by atoms with van der Waals surface area (Å²) in [6, 6.07) is 3.54. The standard InChI is InChI=1S/C9H8N6O/c16-9(8-11-6-13-14-8)15-12-5-7-1-3-10-4-2-7/h1-6H,(H,15,16)(H,11,13,14)/b12-5-. The van der Waals surface area contributed by atoms with Gasteiger partial charge >= 0.3 is 5.91 Å². The predicted octanol–water partition coefficient (Wildman–Crippen LogP) is -0.0364. The van der Waals surface area contributed by atoms with E-state index in [1.54, 1.807) is 24.5 Å². The molecule has 80 valence electrons. The molecule has 2 rings (SSSR count). The lowest BCUT2D eigenvalue weighted by Crippen LogP contribution is -2.19. The van der Waals surface area contributed by atoms with Gasteiger partial charge in [-0.15, -0.1) is 0 Å². The Morgan fingerprint density at radius 2 is 2.25 bits per heavy atom. The van der Waals surface area contributed by atoms with Crippen LogP contribution in [-0.4, -0.2) is 32.3 Å². The summed E-state index contributed by atoms with van der Waals surface area (Å²) in [4.78, 5) is 18.9. The van der Waals surface area contributed by atoms with Gasteiger partial charge < -0.3 is 0 Å². The number of hydrazone groups is 1. The Morgan fingerprint density at radius 1 is 1.44 bits per heavy atom. The molecule has 2 heterocycles. The fraction of sp³-hybridized carbons (Fsp3) is 0. The minimum absolute atomic E-state index is 0.117. The molecule has 0 aromatic carbocycles. The van der Waals surface area contributed by atoms with Crippen LogP contribution in [0.3, 0.4) is 0 Å². The van der Waals surface area contributed by atoms with E-state index in [2.05, 4.69) is 30.7 Å².